The first-order chi connectivity index (χ1) is 6.73. The summed E-state index contributed by atoms with van der Waals surface area (Å²) in [5, 5.41) is 0. The van der Waals surface area contributed by atoms with Gasteiger partial charge in [-0.1, -0.05) is 30.3 Å². The van der Waals surface area contributed by atoms with Crippen molar-refractivity contribution in [2.75, 3.05) is 0 Å². The largest absolute Gasteiger partial charge is 0.300 e. The van der Waals surface area contributed by atoms with Crippen molar-refractivity contribution in [2.45, 2.75) is 12.5 Å². The van der Waals surface area contributed by atoms with Crippen LogP contribution >= 0.6 is 0 Å². The minimum absolute atomic E-state index is 0.625. The van der Waals surface area contributed by atoms with Crippen molar-refractivity contribution in [3.63, 3.8) is 0 Å². The lowest BCUT2D eigenvalue weighted by molar-refractivity contribution is -0.109. The van der Waals surface area contributed by atoms with Gasteiger partial charge in [-0.25, -0.2) is 9.98 Å². The van der Waals surface area contributed by atoms with E-state index >= 15 is 0 Å². The van der Waals surface area contributed by atoms with Gasteiger partial charge in [-0.3, -0.25) is 0 Å². The Balaban J connectivity index is 2.37. The molecular formula is C11H10N2O. The minimum Gasteiger partial charge on any atom is -0.300 e. The van der Waals surface area contributed by atoms with E-state index in [0.717, 1.165) is 11.8 Å². The summed E-state index contributed by atoms with van der Waals surface area (Å²) in [4.78, 5) is 19.1. The van der Waals surface area contributed by atoms with Gasteiger partial charge in [0.25, 0.3) is 0 Å². The van der Waals surface area contributed by atoms with E-state index in [4.69, 9.17) is 0 Å². The molecule has 0 radical (unpaired) electrons. The first-order valence-corrected chi connectivity index (χ1v) is 4.40. The predicted octanol–water partition coefficient (Wildman–Crippen LogP) is 1.48. The number of nitrogens with zero attached hydrogens (tertiary/aromatic N) is 2. The fourth-order valence-electron chi connectivity index (χ4n) is 1.26. The minimum atomic E-state index is -0.773. The molecule has 3 heteroatoms. The lowest BCUT2D eigenvalue weighted by atomic mass is 10.1. The molecule has 0 aliphatic carbocycles. The number of hydrogen-bond acceptors (Lipinski definition) is 3. The Kier molecular flexibility index (Phi) is 2.00. The second-order valence-electron chi connectivity index (χ2n) is 3.40. The van der Waals surface area contributed by atoms with E-state index in [-0.39, 0.29) is 0 Å². The molecule has 3 nitrogen and oxygen atoms in total. The van der Waals surface area contributed by atoms with Crippen LogP contribution < -0.4 is 0 Å². The van der Waals surface area contributed by atoms with Gasteiger partial charge in [0, 0.05) is 11.8 Å². The average Bonchev–Trinajstić information content (AvgIpc) is 2.63. The summed E-state index contributed by atoms with van der Waals surface area (Å²) >= 11 is 0. The van der Waals surface area contributed by atoms with Gasteiger partial charge in [-0.2, -0.15) is 0 Å². The van der Waals surface area contributed by atoms with Gasteiger partial charge in [-0.05, 0) is 6.92 Å². The van der Waals surface area contributed by atoms with Crippen LogP contribution in [0.25, 0.3) is 0 Å². The van der Waals surface area contributed by atoms with E-state index in [0.29, 0.717) is 5.84 Å². The Labute approximate surface area is 82.2 Å². The highest BCUT2D eigenvalue weighted by Gasteiger charge is 2.25. The standard InChI is InChI=1S/C11H10N2O/c1-11(8-14)7-12-10(13-11)9-5-3-2-4-6-9/h2-8H,1H3. The second kappa shape index (κ2) is 3.18. The Morgan fingerprint density at radius 3 is 2.57 bits per heavy atom. The molecule has 0 N–H and O–H groups in total. The van der Waals surface area contributed by atoms with Crippen molar-refractivity contribution >= 4 is 18.3 Å². The third-order valence-electron chi connectivity index (χ3n) is 2.07. The van der Waals surface area contributed by atoms with Crippen LogP contribution in [0.2, 0.25) is 0 Å². The van der Waals surface area contributed by atoms with Crippen LogP contribution in [0, 0.1) is 0 Å². The zero-order valence-corrected chi connectivity index (χ0v) is 7.84. The van der Waals surface area contributed by atoms with Crippen LogP contribution in [0.1, 0.15) is 12.5 Å². The van der Waals surface area contributed by atoms with E-state index in [1.807, 2.05) is 30.3 Å². The van der Waals surface area contributed by atoms with Crippen molar-refractivity contribution in [1.29, 1.82) is 0 Å². The molecule has 1 atom stereocenters. The normalized spacial score (nSPS) is 24.8. The molecule has 2 rings (SSSR count). The number of benzene rings is 1. The van der Waals surface area contributed by atoms with Gasteiger partial charge in [0.2, 0.25) is 0 Å². The Morgan fingerprint density at radius 2 is 2.00 bits per heavy atom. The molecule has 14 heavy (non-hydrogen) atoms. The zero-order valence-electron chi connectivity index (χ0n) is 7.84. The molecule has 0 bridgehead atoms. The summed E-state index contributed by atoms with van der Waals surface area (Å²) in [5.41, 5.74) is 0.167. The van der Waals surface area contributed by atoms with Gasteiger partial charge < -0.3 is 4.79 Å². The summed E-state index contributed by atoms with van der Waals surface area (Å²) in [6.07, 6.45) is 2.37. The van der Waals surface area contributed by atoms with E-state index in [1.54, 1.807) is 13.1 Å². The van der Waals surface area contributed by atoms with Crippen molar-refractivity contribution in [1.82, 2.24) is 0 Å². The second-order valence-corrected chi connectivity index (χ2v) is 3.40. The fraction of sp³-hybridized carbons (Fsp3) is 0.182. The van der Waals surface area contributed by atoms with Crippen molar-refractivity contribution in [3.8, 4) is 0 Å². The Morgan fingerprint density at radius 1 is 1.29 bits per heavy atom. The zero-order chi connectivity index (χ0) is 10.0. The van der Waals surface area contributed by atoms with Gasteiger partial charge in [0.1, 0.15) is 0 Å². The topological polar surface area (TPSA) is 41.8 Å². The maximum atomic E-state index is 10.7. The molecule has 70 valence electrons. The number of carbonyl (C=O) groups excluding carboxylic acids is 1. The number of hydrogen-bond donors (Lipinski definition) is 0. The highest BCUT2D eigenvalue weighted by molar-refractivity contribution is 6.12. The van der Waals surface area contributed by atoms with E-state index in [2.05, 4.69) is 9.98 Å². The maximum absolute atomic E-state index is 10.7. The van der Waals surface area contributed by atoms with E-state index in [1.165, 1.54) is 0 Å². The van der Waals surface area contributed by atoms with Gasteiger partial charge >= 0.3 is 0 Å². The molecule has 1 unspecified atom stereocenters. The molecule has 1 aromatic rings. The number of aliphatic imine (C=N–C) groups is 2. The average molecular weight is 186 g/mol. The molecule has 1 aliphatic heterocycles. The molecule has 1 aromatic carbocycles. The molecular weight excluding hydrogens is 176 g/mol. The highest BCUT2D eigenvalue weighted by Crippen LogP contribution is 2.15. The summed E-state index contributed by atoms with van der Waals surface area (Å²) in [5.74, 6) is 0.625. The molecule has 1 aliphatic rings. The first-order valence-electron chi connectivity index (χ1n) is 4.40. The van der Waals surface area contributed by atoms with Crippen LogP contribution in [-0.2, 0) is 4.79 Å². The van der Waals surface area contributed by atoms with Crippen LogP contribution in [0.15, 0.2) is 40.3 Å². The van der Waals surface area contributed by atoms with Crippen molar-refractivity contribution in [2.24, 2.45) is 9.98 Å². The Bertz CT molecular complexity index is 409. The van der Waals surface area contributed by atoms with Crippen molar-refractivity contribution < 1.29 is 4.79 Å². The third-order valence-corrected chi connectivity index (χ3v) is 2.07. The van der Waals surface area contributed by atoms with Crippen LogP contribution in [0.3, 0.4) is 0 Å². The summed E-state index contributed by atoms with van der Waals surface area (Å²) < 4.78 is 0. The number of amidine groups is 1. The van der Waals surface area contributed by atoms with Crippen molar-refractivity contribution in [3.05, 3.63) is 35.9 Å². The number of carbonyl (C=O) groups is 1. The lowest BCUT2D eigenvalue weighted by Crippen LogP contribution is -2.22. The van der Waals surface area contributed by atoms with Gasteiger partial charge in [0.05, 0.1) is 0 Å². The fourth-order valence-corrected chi connectivity index (χ4v) is 1.26. The van der Waals surface area contributed by atoms with E-state index < -0.39 is 5.54 Å². The first kappa shape index (κ1) is 8.81. The maximum Gasteiger partial charge on any atom is 0.155 e. The number of rotatable bonds is 2. The SMILES string of the molecule is CC1(C=O)C=NC(c2ccccc2)=N1. The van der Waals surface area contributed by atoms with Gasteiger partial charge in [0.15, 0.2) is 17.7 Å². The monoisotopic (exact) mass is 186 g/mol. The van der Waals surface area contributed by atoms with Crippen LogP contribution in [0.5, 0.6) is 0 Å². The molecule has 0 saturated carbocycles. The quantitative estimate of drug-likeness (QED) is 0.645. The molecule has 0 aromatic heterocycles. The van der Waals surface area contributed by atoms with Crippen LogP contribution in [-0.4, -0.2) is 23.9 Å². The molecule has 0 spiro atoms. The molecule has 0 saturated heterocycles. The summed E-state index contributed by atoms with van der Waals surface area (Å²) in [7, 11) is 0. The summed E-state index contributed by atoms with van der Waals surface area (Å²) in [6, 6.07) is 9.62. The summed E-state index contributed by atoms with van der Waals surface area (Å²) in [6.45, 7) is 1.74. The number of aldehydes is 1. The Hall–Kier alpha value is -1.77. The highest BCUT2D eigenvalue weighted by atomic mass is 16.1. The lowest BCUT2D eigenvalue weighted by Gasteiger charge is -2.05. The van der Waals surface area contributed by atoms with Gasteiger partial charge in [-0.15, -0.1) is 0 Å². The van der Waals surface area contributed by atoms with E-state index in [9.17, 15) is 4.79 Å². The molecule has 0 amide bonds. The molecule has 1 heterocycles. The third kappa shape index (κ3) is 1.48. The molecule has 0 fully saturated rings. The smallest absolute Gasteiger partial charge is 0.155 e. The predicted molar refractivity (Wildman–Crippen MR) is 55.9 cm³/mol. The van der Waals surface area contributed by atoms with Crippen LogP contribution in [0.4, 0.5) is 0 Å².